The molecule has 118 valence electrons. The van der Waals surface area contributed by atoms with Crippen molar-refractivity contribution in [3.8, 4) is 0 Å². The Morgan fingerprint density at radius 2 is 2.09 bits per heavy atom. The van der Waals surface area contributed by atoms with E-state index in [2.05, 4.69) is 20.4 Å². The van der Waals surface area contributed by atoms with Gasteiger partial charge in [-0.2, -0.15) is 4.98 Å². The van der Waals surface area contributed by atoms with Crippen molar-refractivity contribution in [3.63, 3.8) is 0 Å². The average molecular weight is 304 g/mol. The fraction of sp³-hybridized carbons (Fsp3) is 0.600. The van der Waals surface area contributed by atoms with E-state index in [1.165, 1.54) is 19.3 Å². The molecule has 1 aliphatic rings. The first kappa shape index (κ1) is 14.7. The zero-order valence-electron chi connectivity index (χ0n) is 12.9. The number of carbonyl (C=O) groups is 1. The highest BCUT2D eigenvalue weighted by atomic mass is 16.5. The molecule has 0 atom stereocenters. The highest BCUT2D eigenvalue weighted by Gasteiger charge is 2.22. The number of anilines is 1. The second-order valence-corrected chi connectivity index (χ2v) is 5.54. The van der Waals surface area contributed by atoms with Crippen LogP contribution in [-0.2, 0) is 4.74 Å². The largest absolute Gasteiger partial charge is 0.460 e. The lowest BCUT2D eigenvalue weighted by Crippen LogP contribution is -2.24. The molecule has 7 nitrogen and oxygen atoms in total. The van der Waals surface area contributed by atoms with Gasteiger partial charge in [-0.25, -0.2) is 9.78 Å². The van der Waals surface area contributed by atoms with E-state index >= 15 is 0 Å². The summed E-state index contributed by atoms with van der Waals surface area (Å²) in [7, 11) is 0. The smallest absolute Gasteiger partial charge is 0.376 e. The molecule has 3 rings (SSSR count). The van der Waals surface area contributed by atoms with Crippen LogP contribution in [0.5, 0.6) is 0 Å². The zero-order valence-corrected chi connectivity index (χ0v) is 12.9. The van der Waals surface area contributed by atoms with Crippen molar-refractivity contribution in [2.75, 3.05) is 11.9 Å². The first-order valence-electron chi connectivity index (χ1n) is 7.76. The van der Waals surface area contributed by atoms with Gasteiger partial charge in [0.1, 0.15) is 11.2 Å². The van der Waals surface area contributed by atoms with Crippen LogP contribution in [0, 0.1) is 6.92 Å². The van der Waals surface area contributed by atoms with Crippen LogP contribution in [0.15, 0.2) is 4.52 Å². The average Bonchev–Trinajstić information content (AvgIpc) is 2.90. The number of ether oxygens (including phenoxy) is 1. The molecule has 0 amide bonds. The van der Waals surface area contributed by atoms with Crippen LogP contribution in [0.25, 0.3) is 11.1 Å². The fourth-order valence-corrected chi connectivity index (χ4v) is 2.82. The molecule has 1 N–H and O–H groups in total. The molecule has 0 aliphatic heterocycles. The van der Waals surface area contributed by atoms with E-state index in [9.17, 15) is 4.79 Å². The molecule has 1 saturated carbocycles. The predicted molar refractivity (Wildman–Crippen MR) is 80.8 cm³/mol. The van der Waals surface area contributed by atoms with Gasteiger partial charge < -0.3 is 14.6 Å². The van der Waals surface area contributed by atoms with Gasteiger partial charge in [0.05, 0.1) is 12.3 Å². The van der Waals surface area contributed by atoms with Crippen LogP contribution in [-0.4, -0.2) is 33.7 Å². The van der Waals surface area contributed by atoms with Crippen LogP contribution in [0.2, 0.25) is 0 Å². The summed E-state index contributed by atoms with van der Waals surface area (Å²) in [5.74, 6) is 0.0626. The summed E-state index contributed by atoms with van der Waals surface area (Å²) in [5, 5.41) is 8.09. The summed E-state index contributed by atoms with van der Waals surface area (Å²) in [5.41, 5.74) is 1.03. The first-order chi connectivity index (χ1) is 10.7. The van der Waals surface area contributed by atoms with E-state index in [1.54, 1.807) is 6.92 Å². The molecular formula is C15H20N4O3. The van der Waals surface area contributed by atoms with Gasteiger partial charge in [0.2, 0.25) is 5.82 Å². The number of nitrogens with one attached hydrogen (secondary N) is 1. The van der Waals surface area contributed by atoms with Crippen molar-refractivity contribution in [2.24, 2.45) is 0 Å². The number of carbonyl (C=O) groups excluding carboxylic acids is 1. The van der Waals surface area contributed by atoms with Gasteiger partial charge in [-0.3, -0.25) is 0 Å². The number of nitrogens with zero attached hydrogens (tertiary/aromatic N) is 3. The van der Waals surface area contributed by atoms with Crippen LogP contribution in [0.4, 0.5) is 5.82 Å². The Labute approximate surface area is 128 Å². The number of aryl methyl sites for hydroxylation is 1. The van der Waals surface area contributed by atoms with E-state index < -0.39 is 5.97 Å². The molecule has 1 fully saturated rings. The molecule has 0 aromatic carbocycles. The molecule has 2 aromatic rings. The normalized spacial score (nSPS) is 15.9. The zero-order chi connectivity index (χ0) is 15.5. The molecule has 0 saturated heterocycles. The van der Waals surface area contributed by atoms with Crippen molar-refractivity contribution < 1.29 is 14.1 Å². The Balaban J connectivity index is 1.97. The molecule has 7 heteroatoms. The van der Waals surface area contributed by atoms with Crippen molar-refractivity contribution >= 4 is 22.9 Å². The van der Waals surface area contributed by atoms with Crippen molar-refractivity contribution in [3.05, 3.63) is 11.5 Å². The van der Waals surface area contributed by atoms with E-state index in [4.69, 9.17) is 9.26 Å². The molecule has 0 bridgehead atoms. The Kier molecular flexibility index (Phi) is 4.22. The second-order valence-electron chi connectivity index (χ2n) is 5.54. The maximum atomic E-state index is 11.9. The van der Waals surface area contributed by atoms with Gasteiger partial charge >= 0.3 is 5.97 Å². The topological polar surface area (TPSA) is 90.1 Å². The summed E-state index contributed by atoms with van der Waals surface area (Å²) in [6.45, 7) is 3.86. The van der Waals surface area contributed by atoms with Crippen molar-refractivity contribution in [2.45, 2.75) is 52.0 Å². The van der Waals surface area contributed by atoms with Gasteiger partial charge in [0, 0.05) is 6.04 Å². The van der Waals surface area contributed by atoms with Crippen LogP contribution in [0.3, 0.4) is 0 Å². The van der Waals surface area contributed by atoms with Crippen LogP contribution < -0.4 is 5.32 Å². The lowest BCUT2D eigenvalue weighted by molar-refractivity contribution is 0.0512. The summed E-state index contributed by atoms with van der Waals surface area (Å²) in [4.78, 5) is 20.4. The Morgan fingerprint density at radius 3 is 2.82 bits per heavy atom. The maximum Gasteiger partial charge on any atom is 0.376 e. The SMILES string of the molecule is CCOC(=O)c1nc(NC2CCCCC2)c2c(C)noc2n1. The third kappa shape index (κ3) is 2.88. The van der Waals surface area contributed by atoms with Gasteiger partial charge in [-0.05, 0) is 26.7 Å². The molecule has 2 aromatic heterocycles. The quantitative estimate of drug-likeness (QED) is 0.868. The Bertz CT molecular complexity index is 677. The molecular weight excluding hydrogens is 284 g/mol. The number of rotatable bonds is 4. The highest BCUT2D eigenvalue weighted by molar-refractivity contribution is 5.93. The van der Waals surface area contributed by atoms with Crippen molar-refractivity contribution in [1.29, 1.82) is 0 Å². The molecule has 0 spiro atoms. The predicted octanol–water partition coefficient (Wildman–Crippen LogP) is 2.85. The highest BCUT2D eigenvalue weighted by Crippen LogP contribution is 2.27. The minimum absolute atomic E-state index is 0.00353. The summed E-state index contributed by atoms with van der Waals surface area (Å²) < 4.78 is 10.2. The number of hydrogen-bond donors (Lipinski definition) is 1. The lowest BCUT2D eigenvalue weighted by Gasteiger charge is -2.23. The van der Waals surface area contributed by atoms with E-state index in [-0.39, 0.29) is 12.4 Å². The number of fused-ring (bicyclic) bond motifs is 1. The van der Waals surface area contributed by atoms with Gasteiger partial charge in [0.25, 0.3) is 5.71 Å². The minimum Gasteiger partial charge on any atom is -0.460 e. The number of hydrogen-bond acceptors (Lipinski definition) is 7. The summed E-state index contributed by atoms with van der Waals surface area (Å²) in [6, 6.07) is 0.358. The minimum atomic E-state index is -0.551. The second kappa shape index (κ2) is 6.29. The molecule has 0 radical (unpaired) electrons. The first-order valence-corrected chi connectivity index (χ1v) is 7.76. The van der Waals surface area contributed by atoms with Gasteiger partial charge in [-0.1, -0.05) is 24.4 Å². The number of aromatic nitrogens is 3. The van der Waals surface area contributed by atoms with E-state index in [0.29, 0.717) is 23.3 Å². The Morgan fingerprint density at radius 1 is 1.32 bits per heavy atom. The summed E-state index contributed by atoms with van der Waals surface area (Å²) in [6.07, 6.45) is 5.89. The number of esters is 1. The third-order valence-corrected chi connectivity index (χ3v) is 3.91. The molecule has 2 heterocycles. The van der Waals surface area contributed by atoms with E-state index in [0.717, 1.165) is 18.2 Å². The third-order valence-electron chi connectivity index (χ3n) is 3.91. The molecule has 1 aliphatic carbocycles. The van der Waals surface area contributed by atoms with E-state index in [1.807, 2.05) is 6.92 Å². The maximum absolute atomic E-state index is 11.9. The molecule has 0 unspecified atom stereocenters. The fourth-order valence-electron chi connectivity index (χ4n) is 2.82. The standard InChI is InChI=1S/C15H20N4O3/c1-3-21-15(20)13-17-12(16-10-7-5-4-6-8-10)11-9(2)19-22-14(11)18-13/h10H,3-8H2,1-2H3,(H,16,17,18). The van der Waals surface area contributed by atoms with Gasteiger partial charge in [-0.15, -0.1) is 0 Å². The Hall–Kier alpha value is -2.18. The van der Waals surface area contributed by atoms with Crippen LogP contribution >= 0.6 is 0 Å². The molecule has 22 heavy (non-hydrogen) atoms. The lowest BCUT2D eigenvalue weighted by atomic mass is 9.95. The van der Waals surface area contributed by atoms with Gasteiger partial charge in [0.15, 0.2) is 0 Å². The van der Waals surface area contributed by atoms with Crippen molar-refractivity contribution in [1.82, 2.24) is 15.1 Å². The van der Waals surface area contributed by atoms with Crippen LogP contribution in [0.1, 0.15) is 55.3 Å². The summed E-state index contributed by atoms with van der Waals surface area (Å²) >= 11 is 0. The monoisotopic (exact) mass is 304 g/mol.